The summed E-state index contributed by atoms with van der Waals surface area (Å²) in [5.74, 6) is -2.25. The van der Waals surface area contributed by atoms with Crippen molar-refractivity contribution in [3.05, 3.63) is 36.0 Å². The topological polar surface area (TPSA) is 37.9 Å². The maximum atomic E-state index is 13.0. The predicted molar refractivity (Wildman–Crippen MR) is 60.1 cm³/mol. The van der Waals surface area contributed by atoms with E-state index in [1.54, 1.807) is 31.4 Å². The summed E-state index contributed by atoms with van der Waals surface area (Å²) in [5.41, 5.74) is 1.01. The number of aromatic nitrogens is 2. The highest BCUT2D eigenvalue weighted by Crippen LogP contribution is 2.29. The van der Waals surface area contributed by atoms with Gasteiger partial charge in [0.1, 0.15) is 11.4 Å². The second kappa shape index (κ2) is 4.16. The van der Waals surface area contributed by atoms with Crippen LogP contribution in [0.4, 0.5) is 8.78 Å². The number of halogens is 2. The van der Waals surface area contributed by atoms with E-state index in [2.05, 4.69) is 10.2 Å². The van der Waals surface area contributed by atoms with Crippen LogP contribution in [0.5, 0.6) is 5.75 Å². The maximum absolute atomic E-state index is 13.0. The first-order valence-corrected chi connectivity index (χ1v) is 5.09. The van der Waals surface area contributed by atoms with Crippen LogP contribution in [0, 0.1) is 0 Å². The molecule has 0 aliphatic rings. The van der Waals surface area contributed by atoms with E-state index < -0.39 is 5.92 Å². The molecule has 1 aromatic heterocycles. The minimum Gasteiger partial charge on any atom is -0.497 e. The van der Waals surface area contributed by atoms with E-state index in [0.29, 0.717) is 11.4 Å². The zero-order chi connectivity index (χ0) is 12.5. The standard InChI is InChI=1S/C12H12F2N2O/c1-12(13,14)11-7-10(15-16-11)8-4-3-5-9(6-8)17-2/h3-7H,1-2H3,(H,15,16). The third-order valence-electron chi connectivity index (χ3n) is 2.42. The third-order valence-corrected chi connectivity index (χ3v) is 2.42. The van der Waals surface area contributed by atoms with Crippen molar-refractivity contribution >= 4 is 0 Å². The van der Waals surface area contributed by atoms with Crippen molar-refractivity contribution in [3.8, 4) is 17.0 Å². The van der Waals surface area contributed by atoms with Gasteiger partial charge in [-0.2, -0.15) is 13.9 Å². The van der Waals surface area contributed by atoms with Gasteiger partial charge in [-0.1, -0.05) is 12.1 Å². The third kappa shape index (κ3) is 2.43. The molecule has 0 atom stereocenters. The average Bonchev–Trinajstić information content (AvgIpc) is 2.78. The highest BCUT2D eigenvalue weighted by molar-refractivity contribution is 5.61. The smallest absolute Gasteiger partial charge is 0.286 e. The summed E-state index contributed by atoms with van der Waals surface area (Å²) < 4.78 is 31.1. The molecule has 2 aromatic rings. The summed E-state index contributed by atoms with van der Waals surface area (Å²) in [6.07, 6.45) is 0. The number of nitrogens with zero attached hydrogens (tertiary/aromatic N) is 1. The van der Waals surface area contributed by atoms with E-state index in [1.807, 2.05) is 0 Å². The van der Waals surface area contributed by atoms with E-state index in [-0.39, 0.29) is 5.69 Å². The normalized spacial score (nSPS) is 11.5. The van der Waals surface area contributed by atoms with E-state index in [4.69, 9.17) is 4.74 Å². The van der Waals surface area contributed by atoms with Crippen LogP contribution in [0.3, 0.4) is 0 Å². The summed E-state index contributed by atoms with van der Waals surface area (Å²) >= 11 is 0. The fourth-order valence-corrected chi connectivity index (χ4v) is 1.48. The Hall–Kier alpha value is -1.91. The van der Waals surface area contributed by atoms with Gasteiger partial charge in [-0.15, -0.1) is 0 Å². The van der Waals surface area contributed by atoms with Crippen molar-refractivity contribution < 1.29 is 13.5 Å². The second-order valence-electron chi connectivity index (χ2n) is 3.79. The molecule has 0 aliphatic carbocycles. The van der Waals surface area contributed by atoms with Gasteiger partial charge < -0.3 is 4.74 Å². The number of rotatable bonds is 3. The summed E-state index contributed by atoms with van der Waals surface area (Å²) in [5, 5.41) is 6.21. The molecule has 0 spiro atoms. The predicted octanol–water partition coefficient (Wildman–Crippen LogP) is 3.20. The van der Waals surface area contributed by atoms with Crippen LogP contribution in [-0.2, 0) is 5.92 Å². The van der Waals surface area contributed by atoms with Gasteiger partial charge in [0.2, 0.25) is 0 Å². The van der Waals surface area contributed by atoms with Crippen molar-refractivity contribution in [2.75, 3.05) is 7.11 Å². The van der Waals surface area contributed by atoms with Gasteiger partial charge in [-0.25, -0.2) is 0 Å². The Morgan fingerprint density at radius 2 is 2.06 bits per heavy atom. The van der Waals surface area contributed by atoms with Crippen LogP contribution in [-0.4, -0.2) is 17.3 Å². The summed E-state index contributed by atoms with van der Waals surface area (Å²) in [7, 11) is 1.55. The van der Waals surface area contributed by atoms with E-state index in [1.165, 1.54) is 6.07 Å². The lowest BCUT2D eigenvalue weighted by molar-refractivity contribution is 0.0127. The number of H-pyrrole nitrogens is 1. The van der Waals surface area contributed by atoms with Crippen LogP contribution >= 0.6 is 0 Å². The quantitative estimate of drug-likeness (QED) is 0.891. The van der Waals surface area contributed by atoms with E-state index in [0.717, 1.165) is 12.5 Å². The molecule has 2 rings (SSSR count). The Bertz CT molecular complexity index is 517. The fourth-order valence-electron chi connectivity index (χ4n) is 1.48. The molecule has 0 fully saturated rings. The fraction of sp³-hybridized carbons (Fsp3) is 0.250. The molecule has 0 saturated carbocycles. The van der Waals surface area contributed by atoms with Gasteiger partial charge in [-0.3, -0.25) is 5.10 Å². The van der Waals surface area contributed by atoms with Crippen molar-refractivity contribution in [2.24, 2.45) is 0 Å². The Morgan fingerprint density at radius 3 is 2.65 bits per heavy atom. The summed E-state index contributed by atoms with van der Waals surface area (Å²) in [6.45, 7) is 0.829. The molecule has 0 amide bonds. The van der Waals surface area contributed by atoms with Gasteiger partial charge in [-0.05, 0) is 18.2 Å². The largest absolute Gasteiger partial charge is 0.497 e. The Labute approximate surface area is 97.4 Å². The Balaban J connectivity index is 2.37. The molecule has 17 heavy (non-hydrogen) atoms. The van der Waals surface area contributed by atoms with Crippen LogP contribution in [0.15, 0.2) is 30.3 Å². The number of aromatic amines is 1. The van der Waals surface area contributed by atoms with Crippen molar-refractivity contribution in [1.82, 2.24) is 10.2 Å². The SMILES string of the molecule is COc1cccc(-c2cc(C(C)(F)F)[nH]n2)c1. The number of benzene rings is 1. The molecule has 5 heteroatoms. The van der Waals surface area contributed by atoms with Crippen molar-refractivity contribution in [1.29, 1.82) is 0 Å². The van der Waals surface area contributed by atoms with Gasteiger partial charge in [0.15, 0.2) is 0 Å². The molecule has 0 saturated heterocycles. The first-order valence-electron chi connectivity index (χ1n) is 5.09. The van der Waals surface area contributed by atoms with Crippen molar-refractivity contribution in [2.45, 2.75) is 12.8 Å². The first-order chi connectivity index (χ1) is 8.00. The summed E-state index contributed by atoms with van der Waals surface area (Å²) in [4.78, 5) is 0. The average molecular weight is 238 g/mol. The van der Waals surface area contributed by atoms with Crippen LogP contribution < -0.4 is 4.74 Å². The molecule has 0 bridgehead atoms. The molecule has 1 heterocycles. The minimum absolute atomic E-state index is 0.199. The second-order valence-corrected chi connectivity index (χ2v) is 3.79. The summed E-state index contributed by atoms with van der Waals surface area (Å²) in [6, 6.07) is 8.44. The zero-order valence-electron chi connectivity index (χ0n) is 9.50. The number of nitrogens with one attached hydrogen (secondary N) is 1. The Kier molecular flexibility index (Phi) is 2.83. The minimum atomic E-state index is -2.91. The molecular formula is C12H12F2N2O. The van der Waals surface area contributed by atoms with E-state index >= 15 is 0 Å². The van der Waals surface area contributed by atoms with Gasteiger partial charge in [0, 0.05) is 12.5 Å². The molecule has 1 N–H and O–H groups in total. The van der Waals surface area contributed by atoms with Gasteiger partial charge in [0.25, 0.3) is 5.92 Å². The van der Waals surface area contributed by atoms with Crippen molar-refractivity contribution in [3.63, 3.8) is 0 Å². The Morgan fingerprint density at radius 1 is 1.29 bits per heavy atom. The molecule has 1 aromatic carbocycles. The number of alkyl halides is 2. The molecule has 3 nitrogen and oxygen atoms in total. The zero-order valence-corrected chi connectivity index (χ0v) is 9.50. The molecule has 90 valence electrons. The lowest BCUT2D eigenvalue weighted by Crippen LogP contribution is -2.06. The number of hydrogen-bond acceptors (Lipinski definition) is 2. The van der Waals surface area contributed by atoms with Crippen LogP contribution in [0.25, 0.3) is 11.3 Å². The molecular weight excluding hydrogens is 226 g/mol. The van der Waals surface area contributed by atoms with E-state index in [9.17, 15) is 8.78 Å². The first kappa shape index (κ1) is 11.6. The lowest BCUT2D eigenvalue weighted by atomic mass is 10.1. The number of hydrogen-bond donors (Lipinski definition) is 1. The molecule has 0 aliphatic heterocycles. The van der Waals surface area contributed by atoms with Crippen LogP contribution in [0.2, 0.25) is 0 Å². The highest BCUT2D eigenvalue weighted by Gasteiger charge is 2.27. The molecule has 0 radical (unpaired) electrons. The number of methoxy groups -OCH3 is 1. The number of ether oxygens (including phenoxy) is 1. The van der Waals surface area contributed by atoms with Gasteiger partial charge >= 0.3 is 0 Å². The highest BCUT2D eigenvalue weighted by atomic mass is 19.3. The maximum Gasteiger partial charge on any atom is 0.286 e. The lowest BCUT2D eigenvalue weighted by Gasteiger charge is -2.05. The van der Waals surface area contributed by atoms with Gasteiger partial charge in [0.05, 0.1) is 12.8 Å². The van der Waals surface area contributed by atoms with Crippen LogP contribution in [0.1, 0.15) is 12.6 Å². The molecule has 0 unspecified atom stereocenters. The monoisotopic (exact) mass is 238 g/mol.